The van der Waals surface area contributed by atoms with Gasteiger partial charge < -0.3 is 19.9 Å². The number of likely N-dealkylation sites (tertiary alicyclic amines) is 2. The maximum Gasteiger partial charge on any atom is 0.387 e. The van der Waals surface area contributed by atoms with Crippen LogP contribution in [0.25, 0.3) is 16.9 Å². The molecule has 2 saturated heterocycles. The van der Waals surface area contributed by atoms with Gasteiger partial charge >= 0.3 is 6.61 Å². The monoisotopic (exact) mass is 667 g/mol. The molecular formula is C31H35F2N9O4S. The van der Waals surface area contributed by atoms with Crippen molar-refractivity contribution in [1.82, 2.24) is 39.1 Å². The van der Waals surface area contributed by atoms with Gasteiger partial charge in [0, 0.05) is 61.3 Å². The quantitative estimate of drug-likeness (QED) is 0.240. The normalized spacial score (nSPS) is 15.4. The fraction of sp³-hybridized carbons (Fsp3) is 0.419. The molecule has 3 amide bonds. The molecule has 248 valence electrons. The summed E-state index contributed by atoms with van der Waals surface area (Å²) in [5.74, 6) is -0.704. The Morgan fingerprint density at radius 2 is 1.89 bits per heavy atom. The second-order valence-corrected chi connectivity index (χ2v) is 12.4. The first kappa shape index (κ1) is 32.4. The highest BCUT2D eigenvalue weighted by molar-refractivity contribution is 7.98. The number of hydrogen-bond donors (Lipinski definition) is 1. The molecule has 2 fully saturated rings. The van der Waals surface area contributed by atoms with Gasteiger partial charge in [-0.25, -0.2) is 9.50 Å². The third-order valence-corrected chi connectivity index (χ3v) is 9.25. The molecule has 0 atom stereocenters. The van der Waals surface area contributed by atoms with E-state index in [1.807, 2.05) is 18.2 Å². The Hall–Kier alpha value is -4.57. The number of amides is 3. The summed E-state index contributed by atoms with van der Waals surface area (Å²) in [4.78, 5) is 50.0. The molecular weight excluding hydrogens is 632 g/mol. The number of alkyl halides is 2. The number of anilines is 1. The minimum absolute atomic E-state index is 0.124. The number of fused-ring (bicyclic) bond motifs is 1. The number of rotatable bonds is 11. The van der Waals surface area contributed by atoms with Crippen LogP contribution in [0.1, 0.15) is 29.6 Å². The molecule has 13 nitrogen and oxygen atoms in total. The zero-order valence-electron chi connectivity index (χ0n) is 26.0. The van der Waals surface area contributed by atoms with Crippen LogP contribution in [-0.4, -0.2) is 115 Å². The number of ether oxygens (including phenoxy) is 1. The second kappa shape index (κ2) is 14.0. The predicted molar refractivity (Wildman–Crippen MR) is 170 cm³/mol. The maximum atomic E-state index is 13.4. The van der Waals surface area contributed by atoms with Crippen molar-refractivity contribution in [3.8, 4) is 17.0 Å². The topological polar surface area (TPSA) is 130 Å². The lowest BCUT2D eigenvalue weighted by Gasteiger charge is -2.38. The van der Waals surface area contributed by atoms with Crippen LogP contribution in [0.3, 0.4) is 0 Å². The molecule has 0 bridgehead atoms. The van der Waals surface area contributed by atoms with Gasteiger partial charge in [-0.2, -0.15) is 19.0 Å². The highest BCUT2D eigenvalue weighted by Crippen LogP contribution is 2.38. The van der Waals surface area contributed by atoms with Gasteiger partial charge in [0.05, 0.1) is 18.4 Å². The molecule has 3 aromatic heterocycles. The van der Waals surface area contributed by atoms with E-state index >= 15 is 0 Å². The standard InChI is InChI=1S/C31H35F2N9O4S/c1-38(18-26(43)39-10-4-11-39)20-7-13-40(14-8-20)27(44)19-41-17-24(36-30(45)23-16-35-42-12-3-9-34-29(23)42)28(37-41)22-15-21(47-2)5-6-25(22)46-31(32)33/h3,5-6,9,12,15-17,20,31H,4,7-8,10-11,13-14,18-19H2,1-2H3,(H,36,45). The summed E-state index contributed by atoms with van der Waals surface area (Å²) in [5.41, 5.74) is 1.12. The third-order valence-electron chi connectivity index (χ3n) is 8.52. The lowest BCUT2D eigenvalue weighted by Crippen LogP contribution is -2.51. The summed E-state index contributed by atoms with van der Waals surface area (Å²) >= 11 is 1.40. The molecule has 1 aromatic carbocycles. The van der Waals surface area contributed by atoms with Crippen molar-refractivity contribution in [2.24, 2.45) is 0 Å². The first-order valence-electron chi connectivity index (χ1n) is 15.3. The van der Waals surface area contributed by atoms with Gasteiger partial charge in [0.25, 0.3) is 5.91 Å². The number of carbonyl (C=O) groups excluding carboxylic acids is 3. The van der Waals surface area contributed by atoms with Gasteiger partial charge in [0.1, 0.15) is 23.6 Å². The Bertz CT molecular complexity index is 1770. The van der Waals surface area contributed by atoms with E-state index in [-0.39, 0.29) is 52.7 Å². The first-order valence-corrected chi connectivity index (χ1v) is 16.5. The predicted octanol–water partition coefficient (Wildman–Crippen LogP) is 3.32. The van der Waals surface area contributed by atoms with Gasteiger partial charge in [-0.15, -0.1) is 11.8 Å². The Kier molecular flexibility index (Phi) is 9.68. The van der Waals surface area contributed by atoms with Gasteiger partial charge in [0.15, 0.2) is 5.65 Å². The van der Waals surface area contributed by atoms with Crippen LogP contribution in [0.4, 0.5) is 14.5 Å². The van der Waals surface area contributed by atoms with E-state index in [1.165, 1.54) is 39.4 Å². The number of halogens is 2. The fourth-order valence-electron chi connectivity index (χ4n) is 5.79. The molecule has 0 unspecified atom stereocenters. The van der Waals surface area contributed by atoms with Crippen LogP contribution in [0, 0.1) is 0 Å². The van der Waals surface area contributed by atoms with Crippen molar-refractivity contribution < 1.29 is 27.9 Å². The number of nitrogens with zero attached hydrogens (tertiary/aromatic N) is 8. The molecule has 0 saturated carbocycles. The fourth-order valence-corrected chi connectivity index (χ4v) is 6.23. The number of thioether (sulfide) groups is 1. The van der Waals surface area contributed by atoms with Gasteiger partial charge in [0.2, 0.25) is 11.8 Å². The first-order chi connectivity index (χ1) is 22.7. The maximum absolute atomic E-state index is 13.4. The highest BCUT2D eigenvalue weighted by Gasteiger charge is 2.29. The van der Waals surface area contributed by atoms with E-state index in [4.69, 9.17) is 4.74 Å². The summed E-state index contributed by atoms with van der Waals surface area (Å²) in [7, 11) is 1.95. The van der Waals surface area contributed by atoms with Crippen LogP contribution in [0.2, 0.25) is 0 Å². The van der Waals surface area contributed by atoms with Gasteiger partial charge in [-0.1, -0.05) is 0 Å². The van der Waals surface area contributed by atoms with Gasteiger partial charge in [-0.05, 0) is 56.8 Å². The van der Waals surface area contributed by atoms with Crippen LogP contribution in [0.15, 0.2) is 53.9 Å². The third kappa shape index (κ3) is 7.22. The number of carbonyl (C=O) groups is 3. The minimum atomic E-state index is -3.09. The number of benzene rings is 1. The van der Waals surface area contributed by atoms with Gasteiger partial charge in [-0.3, -0.25) is 24.0 Å². The van der Waals surface area contributed by atoms with Crippen molar-refractivity contribution in [3.63, 3.8) is 0 Å². The Morgan fingerprint density at radius 1 is 1.13 bits per heavy atom. The van der Waals surface area contributed by atoms with Crippen LogP contribution >= 0.6 is 11.8 Å². The molecule has 5 heterocycles. The molecule has 47 heavy (non-hydrogen) atoms. The van der Waals surface area contributed by atoms with Crippen molar-refractivity contribution >= 4 is 40.8 Å². The molecule has 2 aliphatic rings. The van der Waals surface area contributed by atoms with Crippen LogP contribution in [-0.2, 0) is 16.1 Å². The summed E-state index contributed by atoms with van der Waals surface area (Å²) in [6.07, 6.45) is 10.4. The van der Waals surface area contributed by atoms with E-state index in [0.717, 1.165) is 37.2 Å². The highest BCUT2D eigenvalue weighted by atomic mass is 32.2. The largest absolute Gasteiger partial charge is 0.434 e. The lowest BCUT2D eigenvalue weighted by atomic mass is 10.0. The van der Waals surface area contributed by atoms with E-state index in [2.05, 4.69) is 25.4 Å². The Balaban J connectivity index is 1.21. The molecule has 2 aliphatic heterocycles. The molecule has 1 N–H and O–H groups in total. The molecule has 16 heteroatoms. The van der Waals surface area contributed by atoms with Crippen molar-refractivity contribution in [2.45, 2.75) is 43.4 Å². The smallest absolute Gasteiger partial charge is 0.387 e. The molecule has 0 radical (unpaired) electrons. The van der Waals surface area contributed by atoms with E-state index in [1.54, 1.807) is 35.5 Å². The average Bonchev–Trinajstić information content (AvgIpc) is 3.64. The number of likely N-dealkylation sites (N-methyl/N-ethyl adjacent to an activating group) is 1. The molecule has 0 aliphatic carbocycles. The average molecular weight is 668 g/mol. The van der Waals surface area contributed by atoms with Crippen molar-refractivity contribution in [3.05, 3.63) is 54.6 Å². The summed E-state index contributed by atoms with van der Waals surface area (Å²) in [6, 6.07) is 6.60. The molecule has 6 rings (SSSR count). The van der Waals surface area contributed by atoms with Crippen LogP contribution in [0.5, 0.6) is 5.75 Å². The Morgan fingerprint density at radius 3 is 2.60 bits per heavy atom. The second-order valence-electron chi connectivity index (χ2n) is 11.5. The van der Waals surface area contributed by atoms with E-state index < -0.39 is 12.5 Å². The van der Waals surface area contributed by atoms with Crippen molar-refractivity contribution in [1.29, 1.82) is 0 Å². The minimum Gasteiger partial charge on any atom is -0.434 e. The number of piperidine rings is 1. The van der Waals surface area contributed by atoms with Crippen LogP contribution < -0.4 is 10.1 Å². The summed E-state index contributed by atoms with van der Waals surface area (Å²) < 4.78 is 34.5. The van der Waals surface area contributed by atoms with E-state index in [9.17, 15) is 23.2 Å². The molecule has 4 aromatic rings. The zero-order chi connectivity index (χ0) is 33.1. The Labute approximate surface area is 273 Å². The summed E-state index contributed by atoms with van der Waals surface area (Å²) in [6.45, 7) is -0.174. The SMILES string of the molecule is CSc1ccc(OC(F)F)c(-c2nn(CC(=O)N3CCC(N(C)CC(=O)N4CCC4)CC3)cc2NC(=O)c2cnn3cccnc23)c1. The van der Waals surface area contributed by atoms with E-state index in [0.29, 0.717) is 25.3 Å². The van der Waals surface area contributed by atoms with Crippen molar-refractivity contribution in [2.75, 3.05) is 51.3 Å². The number of nitrogens with one attached hydrogen (secondary N) is 1. The lowest BCUT2D eigenvalue weighted by molar-refractivity contribution is -0.137. The number of aromatic nitrogens is 5. The molecule has 0 spiro atoms. The summed E-state index contributed by atoms with van der Waals surface area (Å²) in [5, 5.41) is 11.6. The number of hydrogen-bond acceptors (Lipinski definition) is 9. The zero-order valence-corrected chi connectivity index (χ0v) is 26.8.